The first-order valence-electron chi connectivity index (χ1n) is 6.68. The molecule has 3 nitrogen and oxygen atoms in total. The molecule has 1 atom stereocenters. The van der Waals surface area contributed by atoms with E-state index >= 15 is 0 Å². The summed E-state index contributed by atoms with van der Waals surface area (Å²) in [7, 11) is 0. The van der Waals surface area contributed by atoms with E-state index in [1.54, 1.807) is 0 Å². The van der Waals surface area contributed by atoms with Crippen molar-refractivity contribution in [2.75, 3.05) is 26.2 Å². The maximum atomic E-state index is 13.7. The SMILES string of the molecule is C=CC[C@@H](c1cc(C)cc(F)c1O)N1CCNCC1.Cl.Cl. The molecule has 2 rings (SSSR count). The van der Waals surface area contributed by atoms with Crippen molar-refractivity contribution in [2.45, 2.75) is 19.4 Å². The Hall–Kier alpha value is -0.810. The second-order valence-corrected chi connectivity index (χ2v) is 5.01. The average molecular weight is 337 g/mol. The highest BCUT2D eigenvalue weighted by atomic mass is 35.5. The molecular formula is C15H23Cl2FN2O. The van der Waals surface area contributed by atoms with Crippen LogP contribution >= 0.6 is 24.8 Å². The number of nitrogens with one attached hydrogen (secondary N) is 1. The molecule has 0 bridgehead atoms. The summed E-state index contributed by atoms with van der Waals surface area (Å²) in [5.74, 6) is -0.768. The summed E-state index contributed by atoms with van der Waals surface area (Å²) < 4.78 is 13.7. The molecule has 0 aliphatic carbocycles. The van der Waals surface area contributed by atoms with Crippen LogP contribution in [0.5, 0.6) is 5.75 Å². The third-order valence-corrected chi connectivity index (χ3v) is 3.58. The van der Waals surface area contributed by atoms with E-state index in [1.807, 2.05) is 19.1 Å². The maximum Gasteiger partial charge on any atom is 0.165 e. The number of halogens is 3. The number of nitrogens with zero attached hydrogens (tertiary/aromatic N) is 1. The van der Waals surface area contributed by atoms with Crippen LogP contribution in [0.15, 0.2) is 24.8 Å². The fraction of sp³-hybridized carbons (Fsp3) is 0.467. The van der Waals surface area contributed by atoms with Gasteiger partial charge in [-0.15, -0.1) is 31.4 Å². The minimum Gasteiger partial charge on any atom is -0.505 e. The van der Waals surface area contributed by atoms with Crippen molar-refractivity contribution in [3.05, 3.63) is 41.7 Å². The lowest BCUT2D eigenvalue weighted by Crippen LogP contribution is -2.45. The van der Waals surface area contributed by atoms with Crippen LogP contribution in [0.25, 0.3) is 0 Å². The number of piperazine rings is 1. The molecule has 0 amide bonds. The summed E-state index contributed by atoms with van der Waals surface area (Å²) in [5.41, 5.74) is 1.49. The van der Waals surface area contributed by atoms with Gasteiger partial charge in [0.25, 0.3) is 0 Å². The fourth-order valence-electron chi connectivity index (χ4n) is 2.64. The van der Waals surface area contributed by atoms with Crippen molar-refractivity contribution in [1.82, 2.24) is 10.2 Å². The highest BCUT2D eigenvalue weighted by Crippen LogP contribution is 2.34. The molecule has 1 heterocycles. The first kappa shape index (κ1) is 20.2. The van der Waals surface area contributed by atoms with Crippen LogP contribution in [0.3, 0.4) is 0 Å². The van der Waals surface area contributed by atoms with Gasteiger partial charge in [-0.1, -0.05) is 12.1 Å². The zero-order valence-corrected chi connectivity index (χ0v) is 13.8. The van der Waals surface area contributed by atoms with Gasteiger partial charge in [-0.25, -0.2) is 4.39 Å². The van der Waals surface area contributed by atoms with Crippen LogP contribution in [-0.2, 0) is 0 Å². The van der Waals surface area contributed by atoms with Gasteiger partial charge in [-0.2, -0.15) is 0 Å². The lowest BCUT2D eigenvalue weighted by Gasteiger charge is -2.35. The Bertz CT molecular complexity index is 465. The zero-order chi connectivity index (χ0) is 13.8. The first-order valence-corrected chi connectivity index (χ1v) is 6.68. The number of benzene rings is 1. The second kappa shape index (κ2) is 9.26. The van der Waals surface area contributed by atoms with E-state index in [-0.39, 0.29) is 36.6 Å². The lowest BCUT2D eigenvalue weighted by atomic mass is 9.98. The van der Waals surface area contributed by atoms with E-state index in [0.717, 1.165) is 31.7 Å². The molecule has 1 fully saturated rings. The summed E-state index contributed by atoms with van der Waals surface area (Å²) in [6, 6.07) is 3.23. The molecule has 1 aliphatic rings. The fourth-order valence-corrected chi connectivity index (χ4v) is 2.64. The van der Waals surface area contributed by atoms with Gasteiger partial charge in [-0.05, 0) is 25.0 Å². The second-order valence-electron chi connectivity index (χ2n) is 5.01. The lowest BCUT2D eigenvalue weighted by molar-refractivity contribution is 0.171. The predicted octanol–water partition coefficient (Wildman–Crippen LogP) is 3.21. The maximum absolute atomic E-state index is 13.7. The Morgan fingerprint density at radius 2 is 2.00 bits per heavy atom. The Morgan fingerprint density at radius 1 is 1.38 bits per heavy atom. The highest BCUT2D eigenvalue weighted by molar-refractivity contribution is 5.85. The van der Waals surface area contributed by atoms with Crippen molar-refractivity contribution in [2.24, 2.45) is 0 Å². The minimum absolute atomic E-state index is 0. The van der Waals surface area contributed by atoms with Gasteiger partial charge >= 0.3 is 0 Å². The summed E-state index contributed by atoms with van der Waals surface area (Å²) in [6.45, 7) is 9.25. The van der Waals surface area contributed by atoms with Crippen molar-refractivity contribution in [3.8, 4) is 5.75 Å². The predicted molar refractivity (Wildman–Crippen MR) is 89.3 cm³/mol. The van der Waals surface area contributed by atoms with Crippen LogP contribution in [0.2, 0.25) is 0 Å². The number of aryl methyl sites for hydroxylation is 1. The zero-order valence-electron chi connectivity index (χ0n) is 12.1. The molecule has 1 saturated heterocycles. The molecule has 0 spiro atoms. The standard InChI is InChI=1S/C15H21FN2O.2ClH/c1-3-4-14(18-7-5-17-6-8-18)12-9-11(2)10-13(16)15(12)19;;/h3,9-10,14,17,19H,1,4-8H2,2H3;2*1H/t14-;;/m0../s1. The molecule has 6 heteroatoms. The molecule has 1 aliphatic heterocycles. The van der Waals surface area contributed by atoms with Crippen LogP contribution < -0.4 is 5.32 Å². The molecule has 0 saturated carbocycles. The normalized spacial score (nSPS) is 16.5. The number of phenols is 1. The van der Waals surface area contributed by atoms with Gasteiger partial charge in [0.2, 0.25) is 0 Å². The molecular weight excluding hydrogens is 314 g/mol. The Balaban J connectivity index is 0.00000200. The van der Waals surface area contributed by atoms with E-state index < -0.39 is 5.82 Å². The minimum atomic E-state index is -0.542. The van der Waals surface area contributed by atoms with E-state index in [9.17, 15) is 9.50 Å². The Labute approximate surface area is 138 Å². The largest absolute Gasteiger partial charge is 0.505 e. The van der Waals surface area contributed by atoms with Crippen molar-refractivity contribution >= 4 is 24.8 Å². The van der Waals surface area contributed by atoms with Gasteiger partial charge in [0.15, 0.2) is 11.6 Å². The highest BCUT2D eigenvalue weighted by Gasteiger charge is 2.24. The van der Waals surface area contributed by atoms with E-state index in [4.69, 9.17) is 0 Å². The van der Waals surface area contributed by atoms with E-state index in [0.29, 0.717) is 12.0 Å². The first-order chi connectivity index (χ1) is 9.13. The van der Waals surface area contributed by atoms with Crippen molar-refractivity contribution in [3.63, 3.8) is 0 Å². The summed E-state index contributed by atoms with van der Waals surface area (Å²) >= 11 is 0. The van der Waals surface area contributed by atoms with E-state index in [1.165, 1.54) is 6.07 Å². The molecule has 1 aromatic carbocycles. The van der Waals surface area contributed by atoms with Crippen molar-refractivity contribution in [1.29, 1.82) is 0 Å². The molecule has 120 valence electrons. The quantitative estimate of drug-likeness (QED) is 0.829. The van der Waals surface area contributed by atoms with Gasteiger partial charge in [0.1, 0.15) is 0 Å². The number of hydrogen-bond donors (Lipinski definition) is 2. The number of aromatic hydroxyl groups is 1. The average Bonchev–Trinajstić information content (AvgIpc) is 2.41. The van der Waals surface area contributed by atoms with Crippen molar-refractivity contribution < 1.29 is 9.50 Å². The van der Waals surface area contributed by atoms with Gasteiger partial charge in [-0.3, -0.25) is 4.90 Å². The third-order valence-electron chi connectivity index (χ3n) is 3.58. The van der Waals surface area contributed by atoms with Gasteiger partial charge < -0.3 is 10.4 Å². The summed E-state index contributed by atoms with van der Waals surface area (Å²) in [6.07, 6.45) is 2.53. The summed E-state index contributed by atoms with van der Waals surface area (Å²) in [5, 5.41) is 13.3. The Kier molecular flexibility index (Phi) is 8.90. The van der Waals surface area contributed by atoms with Crippen LogP contribution in [0.1, 0.15) is 23.6 Å². The molecule has 1 aromatic rings. The molecule has 2 N–H and O–H groups in total. The molecule has 0 radical (unpaired) electrons. The van der Waals surface area contributed by atoms with Crippen LogP contribution in [0, 0.1) is 12.7 Å². The van der Waals surface area contributed by atoms with Gasteiger partial charge in [0.05, 0.1) is 0 Å². The van der Waals surface area contributed by atoms with Gasteiger partial charge in [0, 0.05) is 37.8 Å². The third kappa shape index (κ3) is 4.85. The number of rotatable bonds is 4. The smallest absolute Gasteiger partial charge is 0.165 e. The molecule has 0 unspecified atom stereocenters. The monoisotopic (exact) mass is 336 g/mol. The summed E-state index contributed by atoms with van der Waals surface area (Å²) in [4.78, 5) is 2.27. The molecule has 0 aromatic heterocycles. The topological polar surface area (TPSA) is 35.5 Å². The number of phenolic OH excluding ortho intramolecular Hbond substituents is 1. The number of hydrogen-bond acceptors (Lipinski definition) is 3. The molecule has 21 heavy (non-hydrogen) atoms. The van der Waals surface area contributed by atoms with E-state index in [2.05, 4.69) is 16.8 Å². The Morgan fingerprint density at radius 3 is 2.57 bits per heavy atom. The van der Waals surface area contributed by atoms with Crippen LogP contribution in [0.4, 0.5) is 4.39 Å². The van der Waals surface area contributed by atoms with Crippen LogP contribution in [-0.4, -0.2) is 36.2 Å².